The van der Waals surface area contributed by atoms with Crippen LogP contribution in [0.3, 0.4) is 0 Å². The maximum atomic E-state index is 8.53. The van der Waals surface area contributed by atoms with Crippen molar-refractivity contribution < 1.29 is 37.4 Å². The summed E-state index contributed by atoms with van der Waals surface area (Å²) in [4.78, 5) is 0. The third-order valence-corrected chi connectivity index (χ3v) is 0. The molecule has 0 N–H and O–H groups in total. The molecule has 4 heavy (non-hydrogen) atoms. The second-order valence-electron chi connectivity index (χ2n) is 0.0962. The van der Waals surface area contributed by atoms with Gasteiger partial charge in [0.25, 0.3) is 0 Å². The second-order valence-corrected chi connectivity index (χ2v) is 0.500. The normalized spacial score (nSPS) is 7.25. The van der Waals surface area contributed by atoms with Gasteiger partial charge in [0.05, 0.1) is 0 Å². The van der Waals surface area contributed by atoms with Crippen LogP contribution in [0.5, 0.6) is 0 Å². The predicted octanol–water partition coefficient (Wildman–Crippen LogP) is -5.22. The van der Waals surface area contributed by atoms with Crippen molar-refractivity contribution >= 4 is 16.0 Å². The molecule has 0 bridgehead atoms. The van der Waals surface area contributed by atoms with E-state index >= 15 is 0 Å². The van der Waals surface area contributed by atoms with Gasteiger partial charge < -0.3 is 0 Å². The summed E-state index contributed by atoms with van der Waals surface area (Å²) in [6.45, 7) is 0. The molecule has 0 saturated heterocycles. The second kappa shape index (κ2) is 8.85. The van der Waals surface area contributed by atoms with Crippen LogP contribution in [-0.4, -0.2) is 16.0 Å². The van der Waals surface area contributed by atoms with E-state index in [0.717, 1.165) is 0 Å². The van der Waals surface area contributed by atoms with Gasteiger partial charge in [0.2, 0.25) is 0 Å². The van der Waals surface area contributed by atoms with Crippen LogP contribution < -0.4 is 33.7 Å². The third-order valence-electron chi connectivity index (χ3n) is 0. The molecular weight excluding hydrogens is 130 g/mol. The van der Waals surface area contributed by atoms with Crippen LogP contribution in [0.25, 0.3) is 0 Å². The SMILES string of the molecule is O=[AsH2][O-].[Na+]. The molecule has 2 nitrogen and oxygen atoms in total. The average Bonchev–Trinajstić information content (AvgIpc) is 0.918. The molecule has 4 heteroatoms. The van der Waals surface area contributed by atoms with E-state index in [9.17, 15) is 0 Å². The molecule has 0 heterocycles. The smallest absolute Gasteiger partial charge is 1.00 e. The summed E-state index contributed by atoms with van der Waals surface area (Å²) in [6, 6.07) is 0. The number of hydrogen-bond acceptors (Lipinski definition) is 2. The van der Waals surface area contributed by atoms with Gasteiger partial charge in [-0.05, 0) is 0 Å². The zero-order valence-corrected chi connectivity index (χ0v) is 6.82. The molecule has 1 atom stereocenters. The molecule has 0 aromatic heterocycles. The van der Waals surface area contributed by atoms with Crippen molar-refractivity contribution in [3.63, 3.8) is 0 Å². The van der Waals surface area contributed by atoms with Crippen molar-refractivity contribution in [2.45, 2.75) is 0 Å². The summed E-state index contributed by atoms with van der Waals surface area (Å²) < 4.78 is 17.1. The van der Waals surface area contributed by atoms with E-state index in [1.165, 1.54) is 0 Å². The van der Waals surface area contributed by atoms with Crippen LogP contribution in [0.2, 0.25) is 0 Å². The van der Waals surface area contributed by atoms with Crippen molar-refractivity contribution in [2.75, 3.05) is 0 Å². The van der Waals surface area contributed by atoms with E-state index in [1.54, 1.807) is 0 Å². The van der Waals surface area contributed by atoms with Gasteiger partial charge in [-0.15, -0.1) is 0 Å². The Hall–Kier alpha value is 1.32. The molecule has 0 amide bonds. The maximum absolute atomic E-state index is 8.53. The zero-order valence-electron chi connectivity index (χ0n) is 2.39. The predicted molar refractivity (Wildman–Crippen MR) is 9.23 cm³/mol. The first-order chi connectivity index (χ1) is 1.41. The number of rotatable bonds is 0. The molecule has 0 aliphatic carbocycles. The molecule has 0 aliphatic heterocycles. The van der Waals surface area contributed by atoms with E-state index in [0.29, 0.717) is 0 Å². The largest absolute Gasteiger partial charge is 1.00 e. The Morgan fingerprint density at radius 2 is 1.75 bits per heavy atom. The molecule has 0 fully saturated rings. The molecule has 20 valence electrons. The standard InChI is InChI=1S/AsH3O2.Na/c2-1-3;/h1H2,(H,2,3);/q;+1/p-1. The fourth-order valence-electron chi connectivity index (χ4n) is 0. The van der Waals surface area contributed by atoms with Gasteiger partial charge >= 0.3 is 53.4 Å². The van der Waals surface area contributed by atoms with Gasteiger partial charge in [-0.1, -0.05) is 0 Å². The van der Waals surface area contributed by atoms with Crippen molar-refractivity contribution in [1.82, 2.24) is 0 Å². The van der Waals surface area contributed by atoms with E-state index in [2.05, 4.69) is 0 Å². The fraction of sp³-hybridized carbons (Fsp3) is 0. The van der Waals surface area contributed by atoms with Crippen LogP contribution in [0, 0.1) is 0 Å². The monoisotopic (exact) mass is 132 g/mol. The van der Waals surface area contributed by atoms with Crippen molar-refractivity contribution in [1.29, 1.82) is 0 Å². The van der Waals surface area contributed by atoms with E-state index < -0.39 is 16.0 Å². The van der Waals surface area contributed by atoms with Crippen LogP contribution in [0.1, 0.15) is 0 Å². The Kier molecular flexibility index (Phi) is 19.9. The van der Waals surface area contributed by atoms with Crippen molar-refractivity contribution in [2.24, 2.45) is 0 Å². The van der Waals surface area contributed by atoms with Crippen LogP contribution >= 0.6 is 0 Å². The minimum absolute atomic E-state index is 0. The van der Waals surface area contributed by atoms with Gasteiger partial charge in [0, 0.05) is 0 Å². The Bertz CT molecular complexity index is 13.5. The average molecular weight is 132 g/mol. The fourth-order valence-corrected chi connectivity index (χ4v) is 0. The molecule has 0 rings (SSSR count). The Balaban J connectivity index is 0. The van der Waals surface area contributed by atoms with Crippen LogP contribution in [0.15, 0.2) is 0 Å². The first kappa shape index (κ1) is 9.01. The van der Waals surface area contributed by atoms with Gasteiger partial charge in [-0.3, -0.25) is 0 Å². The first-order valence-corrected chi connectivity index (χ1v) is 2.45. The molecule has 0 radical (unpaired) electrons. The Morgan fingerprint density at radius 1 is 1.75 bits per heavy atom. The first-order valence-electron chi connectivity index (χ1n) is 0.471. The van der Waals surface area contributed by atoms with Gasteiger partial charge in [-0.2, -0.15) is 0 Å². The minimum atomic E-state index is -2.19. The zero-order chi connectivity index (χ0) is 2.71. The number of hydrogen-bond donors (Lipinski definition) is 0. The summed E-state index contributed by atoms with van der Waals surface area (Å²) in [7, 11) is 0. The molecule has 0 aliphatic rings. The summed E-state index contributed by atoms with van der Waals surface area (Å²) in [5, 5.41) is 0. The molecule has 1 unspecified atom stereocenters. The van der Waals surface area contributed by atoms with E-state index in [4.69, 9.17) is 7.84 Å². The summed E-state index contributed by atoms with van der Waals surface area (Å²) in [5.74, 6) is 0. The third kappa shape index (κ3) is 10.3. The molecular formula is H2AsNaO2. The van der Waals surface area contributed by atoms with Gasteiger partial charge in [0.1, 0.15) is 0 Å². The molecule has 0 spiro atoms. The molecule has 0 aromatic carbocycles. The van der Waals surface area contributed by atoms with Gasteiger partial charge in [-0.25, -0.2) is 0 Å². The minimum Gasteiger partial charge on any atom is 1.00 e. The van der Waals surface area contributed by atoms with Gasteiger partial charge in [0.15, 0.2) is 0 Å². The topological polar surface area (TPSA) is 40.1 Å². The van der Waals surface area contributed by atoms with E-state index in [1.807, 2.05) is 0 Å². The quantitative estimate of drug-likeness (QED) is 0.309. The van der Waals surface area contributed by atoms with Crippen LogP contribution in [0.4, 0.5) is 0 Å². The van der Waals surface area contributed by atoms with Crippen molar-refractivity contribution in [3.8, 4) is 0 Å². The molecule has 0 saturated carbocycles. The Morgan fingerprint density at radius 3 is 1.75 bits per heavy atom. The Labute approximate surface area is 53.1 Å². The summed E-state index contributed by atoms with van der Waals surface area (Å²) >= 11 is -2.19. The maximum Gasteiger partial charge on any atom is 1.00 e. The van der Waals surface area contributed by atoms with E-state index in [-0.39, 0.29) is 29.6 Å². The molecule has 0 aromatic rings. The van der Waals surface area contributed by atoms with Crippen LogP contribution in [-0.2, 0) is 3.74 Å². The van der Waals surface area contributed by atoms with Crippen molar-refractivity contribution in [3.05, 3.63) is 0 Å². The summed E-state index contributed by atoms with van der Waals surface area (Å²) in [5.41, 5.74) is 0. The summed E-state index contributed by atoms with van der Waals surface area (Å²) in [6.07, 6.45) is 0.